The fourth-order valence-electron chi connectivity index (χ4n) is 1.25. The minimum Gasteiger partial charge on any atom is -0.358 e. The first kappa shape index (κ1) is 13.5. The number of carbonyl (C=O) groups is 2. The van der Waals surface area contributed by atoms with Gasteiger partial charge in [0.1, 0.15) is 0 Å². The van der Waals surface area contributed by atoms with E-state index in [1.54, 1.807) is 6.92 Å². The first-order valence-corrected chi connectivity index (χ1v) is 5.04. The van der Waals surface area contributed by atoms with Crippen LogP contribution in [0, 0.1) is 17.0 Å². The smallest absolute Gasteiger partial charge is 0.358 e. The van der Waals surface area contributed by atoms with E-state index in [2.05, 4.69) is 10.3 Å². The van der Waals surface area contributed by atoms with Crippen LogP contribution in [0.25, 0.3) is 0 Å². The lowest BCUT2D eigenvalue weighted by Gasteiger charge is -2.02. The van der Waals surface area contributed by atoms with Gasteiger partial charge < -0.3 is 10.1 Å². The molecule has 94 valence electrons. The van der Waals surface area contributed by atoms with Gasteiger partial charge in [0, 0.05) is 6.07 Å². The molecular formula is C11H11N3O4. The highest BCUT2D eigenvalue weighted by molar-refractivity contribution is 6.08. The predicted octanol–water partition coefficient (Wildman–Crippen LogP) is 1.13. The van der Waals surface area contributed by atoms with E-state index < -0.39 is 16.7 Å². The maximum atomic E-state index is 11.7. The Morgan fingerprint density at radius 2 is 2.17 bits per heavy atom. The van der Waals surface area contributed by atoms with E-state index in [0.29, 0.717) is 5.56 Å². The Kier molecular flexibility index (Phi) is 4.25. The summed E-state index contributed by atoms with van der Waals surface area (Å²) in [5, 5.41) is 12.6. The Bertz CT molecular complexity index is 537. The SMILES string of the molecule is C/C=C/C(=O)NC(=O)c1cnc([N+](=O)[O-])cc1C. The van der Waals surface area contributed by atoms with Crippen molar-refractivity contribution in [1.82, 2.24) is 10.3 Å². The third kappa shape index (κ3) is 3.21. The van der Waals surface area contributed by atoms with Gasteiger partial charge in [0.15, 0.2) is 6.20 Å². The second kappa shape index (κ2) is 5.67. The number of carbonyl (C=O) groups excluding carboxylic acids is 2. The van der Waals surface area contributed by atoms with Crippen LogP contribution >= 0.6 is 0 Å². The first-order valence-electron chi connectivity index (χ1n) is 5.04. The van der Waals surface area contributed by atoms with Gasteiger partial charge >= 0.3 is 5.82 Å². The molecule has 7 heteroatoms. The van der Waals surface area contributed by atoms with Crippen molar-refractivity contribution in [2.24, 2.45) is 0 Å². The number of allylic oxidation sites excluding steroid dienone is 1. The van der Waals surface area contributed by atoms with Gasteiger partial charge in [0.25, 0.3) is 5.91 Å². The van der Waals surface area contributed by atoms with Gasteiger partial charge in [-0.2, -0.15) is 0 Å². The van der Waals surface area contributed by atoms with Gasteiger partial charge in [-0.25, -0.2) is 0 Å². The van der Waals surface area contributed by atoms with Crippen LogP contribution in [0.1, 0.15) is 22.8 Å². The molecule has 1 rings (SSSR count). The number of aromatic nitrogens is 1. The van der Waals surface area contributed by atoms with Crippen molar-refractivity contribution in [3.63, 3.8) is 0 Å². The van der Waals surface area contributed by atoms with Crippen LogP contribution in [0.4, 0.5) is 5.82 Å². The number of imide groups is 1. The number of nitrogens with zero attached hydrogens (tertiary/aromatic N) is 2. The van der Waals surface area contributed by atoms with Crippen molar-refractivity contribution >= 4 is 17.6 Å². The molecule has 1 aromatic heterocycles. The molecule has 1 heterocycles. The summed E-state index contributed by atoms with van der Waals surface area (Å²) >= 11 is 0. The zero-order chi connectivity index (χ0) is 13.7. The molecule has 7 nitrogen and oxygen atoms in total. The molecule has 0 spiro atoms. The van der Waals surface area contributed by atoms with E-state index >= 15 is 0 Å². The normalized spacial score (nSPS) is 10.3. The molecule has 18 heavy (non-hydrogen) atoms. The average molecular weight is 249 g/mol. The minimum atomic E-state index is -0.653. The zero-order valence-electron chi connectivity index (χ0n) is 9.84. The highest BCUT2D eigenvalue weighted by atomic mass is 16.6. The van der Waals surface area contributed by atoms with Gasteiger partial charge in [0.2, 0.25) is 5.91 Å². The lowest BCUT2D eigenvalue weighted by molar-refractivity contribution is -0.389. The molecule has 0 fully saturated rings. The molecule has 2 amide bonds. The minimum absolute atomic E-state index is 0.124. The molecule has 0 saturated heterocycles. The largest absolute Gasteiger partial charge is 0.363 e. The van der Waals surface area contributed by atoms with Crippen LogP contribution in [-0.4, -0.2) is 21.7 Å². The van der Waals surface area contributed by atoms with E-state index in [4.69, 9.17) is 0 Å². The zero-order valence-corrected chi connectivity index (χ0v) is 9.84. The summed E-state index contributed by atoms with van der Waals surface area (Å²) in [5.74, 6) is -1.54. The van der Waals surface area contributed by atoms with Crippen LogP contribution in [0.5, 0.6) is 0 Å². The van der Waals surface area contributed by atoms with E-state index in [0.717, 1.165) is 6.20 Å². The highest BCUT2D eigenvalue weighted by Gasteiger charge is 2.17. The standard InChI is InChI=1S/C11H11N3O4/c1-3-4-10(15)13-11(16)8-6-12-9(14(17)18)5-7(8)2/h3-6H,1-2H3,(H,13,15,16)/b4-3+. The Morgan fingerprint density at radius 1 is 1.50 bits per heavy atom. The Morgan fingerprint density at radius 3 is 2.67 bits per heavy atom. The van der Waals surface area contributed by atoms with Crippen LogP contribution in [0.2, 0.25) is 0 Å². The molecular weight excluding hydrogens is 238 g/mol. The average Bonchev–Trinajstić information content (AvgIpc) is 2.28. The highest BCUT2D eigenvalue weighted by Crippen LogP contribution is 2.13. The number of hydrogen-bond acceptors (Lipinski definition) is 5. The molecule has 1 N–H and O–H groups in total. The molecule has 0 aliphatic carbocycles. The lowest BCUT2D eigenvalue weighted by Crippen LogP contribution is -2.29. The van der Waals surface area contributed by atoms with Gasteiger partial charge in [-0.1, -0.05) is 6.08 Å². The first-order chi connectivity index (χ1) is 8.45. The van der Waals surface area contributed by atoms with E-state index in [-0.39, 0.29) is 11.4 Å². The van der Waals surface area contributed by atoms with Crippen molar-refractivity contribution in [3.8, 4) is 0 Å². The number of pyridine rings is 1. The lowest BCUT2D eigenvalue weighted by atomic mass is 10.1. The van der Waals surface area contributed by atoms with Gasteiger partial charge in [-0.3, -0.25) is 14.9 Å². The summed E-state index contributed by atoms with van der Waals surface area (Å²) in [4.78, 5) is 36.2. The van der Waals surface area contributed by atoms with Crippen LogP contribution < -0.4 is 5.32 Å². The maximum absolute atomic E-state index is 11.7. The third-order valence-corrected chi connectivity index (χ3v) is 2.08. The monoisotopic (exact) mass is 249 g/mol. The van der Waals surface area contributed by atoms with E-state index in [1.807, 2.05) is 0 Å². The van der Waals surface area contributed by atoms with Crippen molar-refractivity contribution in [2.45, 2.75) is 13.8 Å². The Labute approximate surface area is 103 Å². The Balaban J connectivity index is 2.94. The second-order valence-corrected chi connectivity index (χ2v) is 3.43. The number of rotatable bonds is 3. The summed E-state index contributed by atoms with van der Waals surface area (Å²) < 4.78 is 0. The van der Waals surface area contributed by atoms with Crippen molar-refractivity contribution in [1.29, 1.82) is 0 Å². The third-order valence-electron chi connectivity index (χ3n) is 2.08. The quantitative estimate of drug-likeness (QED) is 0.491. The predicted molar refractivity (Wildman–Crippen MR) is 62.9 cm³/mol. The molecule has 0 aromatic carbocycles. The molecule has 1 aromatic rings. The fourth-order valence-corrected chi connectivity index (χ4v) is 1.25. The molecule has 0 aliphatic heterocycles. The molecule has 0 bridgehead atoms. The molecule has 0 atom stereocenters. The summed E-state index contributed by atoms with van der Waals surface area (Å²) in [6, 6.07) is 1.18. The number of nitro groups is 1. The number of hydrogen-bond donors (Lipinski definition) is 1. The van der Waals surface area contributed by atoms with Gasteiger partial charge in [-0.15, -0.1) is 0 Å². The molecule has 0 radical (unpaired) electrons. The van der Waals surface area contributed by atoms with E-state index in [9.17, 15) is 19.7 Å². The topological polar surface area (TPSA) is 102 Å². The van der Waals surface area contributed by atoms with E-state index in [1.165, 1.54) is 25.1 Å². The van der Waals surface area contributed by atoms with Crippen molar-refractivity contribution in [2.75, 3.05) is 0 Å². The number of amides is 2. The second-order valence-electron chi connectivity index (χ2n) is 3.43. The summed E-state index contributed by atoms with van der Waals surface area (Å²) in [6.07, 6.45) is 3.77. The van der Waals surface area contributed by atoms with Gasteiger partial charge in [0.05, 0.1) is 5.56 Å². The van der Waals surface area contributed by atoms with Crippen LogP contribution in [0.15, 0.2) is 24.4 Å². The van der Waals surface area contributed by atoms with Crippen molar-refractivity contribution in [3.05, 3.63) is 45.7 Å². The maximum Gasteiger partial charge on any atom is 0.363 e. The number of aryl methyl sites for hydroxylation is 1. The summed E-state index contributed by atoms with van der Waals surface area (Å²) in [5.41, 5.74) is 0.501. The van der Waals surface area contributed by atoms with Crippen LogP contribution in [-0.2, 0) is 4.79 Å². The molecule has 0 unspecified atom stereocenters. The van der Waals surface area contributed by atoms with Crippen LogP contribution in [0.3, 0.4) is 0 Å². The Hall–Kier alpha value is -2.57. The summed E-state index contributed by atoms with van der Waals surface area (Å²) in [7, 11) is 0. The molecule has 0 saturated carbocycles. The summed E-state index contributed by atoms with van der Waals surface area (Å²) in [6.45, 7) is 3.17. The van der Waals surface area contributed by atoms with Crippen molar-refractivity contribution < 1.29 is 14.5 Å². The van der Waals surface area contributed by atoms with Gasteiger partial charge in [-0.05, 0) is 35.4 Å². The number of nitrogens with one attached hydrogen (secondary N) is 1. The fraction of sp³-hybridized carbons (Fsp3) is 0.182. The molecule has 0 aliphatic rings.